The summed E-state index contributed by atoms with van der Waals surface area (Å²) in [7, 11) is 1.42. The van der Waals surface area contributed by atoms with E-state index in [0.717, 1.165) is 31.4 Å². The first-order valence-electron chi connectivity index (χ1n) is 6.52. The number of methoxy groups -OCH3 is 1. The van der Waals surface area contributed by atoms with E-state index in [1.807, 2.05) is 12.1 Å². The van der Waals surface area contributed by atoms with Gasteiger partial charge in [-0.3, -0.25) is 4.79 Å². The lowest BCUT2D eigenvalue weighted by Gasteiger charge is -2.41. The van der Waals surface area contributed by atoms with Crippen LogP contribution in [-0.4, -0.2) is 18.7 Å². The SMILES string of the molecule is CCc1ccc(OC2(CC(=O)OC)CCC2)cc1. The smallest absolute Gasteiger partial charge is 0.309 e. The molecule has 0 saturated heterocycles. The fourth-order valence-corrected chi connectivity index (χ4v) is 2.26. The Morgan fingerprint density at radius 3 is 2.39 bits per heavy atom. The maximum atomic E-state index is 11.4. The second-order valence-electron chi connectivity index (χ2n) is 4.89. The van der Waals surface area contributed by atoms with Crippen molar-refractivity contribution < 1.29 is 14.3 Å². The highest BCUT2D eigenvalue weighted by Crippen LogP contribution is 2.39. The molecule has 1 aromatic rings. The van der Waals surface area contributed by atoms with Crippen LogP contribution in [0.25, 0.3) is 0 Å². The average molecular weight is 248 g/mol. The highest BCUT2D eigenvalue weighted by atomic mass is 16.5. The van der Waals surface area contributed by atoms with Crippen LogP contribution in [-0.2, 0) is 16.0 Å². The second-order valence-corrected chi connectivity index (χ2v) is 4.89. The van der Waals surface area contributed by atoms with Crippen molar-refractivity contribution in [1.29, 1.82) is 0 Å². The second kappa shape index (κ2) is 5.42. The molecule has 0 aliphatic heterocycles. The first-order chi connectivity index (χ1) is 8.67. The minimum atomic E-state index is -0.333. The van der Waals surface area contributed by atoms with Crippen LogP contribution < -0.4 is 4.74 Å². The van der Waals surface area contributed by atoms with Crippen LogP contribution in [0.4, 0.5) is 0 Å². The summed E-state index contributed by atoms with van der Waals surface area (Å²) in [4.78, 5) is 11.4. The average Bonchev–Trinajstić information content (AvgIpc) is 2.36. The van der Waals surface area contributed by atoms with E-state index in [1.165, 1.54) is 12.7 Å². The first kappa shape index (κ1) is 12.9. The molecule has 3 heteroatoms. The van der Waals surface area contributed by atoms with Gasteiger partial charge in [0.2, 0.25) is 0 Å². The van der Waals surface area contributed by atoms with Gasteiger partial charge in [0.1, 0.15) is 11.4 Å². The number of esters is 1. The summed E-state index contributed by atoms with van der Waals surface area (Å²) in [6, 6.07) is 8.10. The zero-order valence-electron chi connectivity index (χ0n) is 11.1. The maximum Gasteiger partial charge on any atom is 0.309 e. The van der Waals surface area contributed by atoms with Crippen molar-refractivity contribution in [2.24, 2.45) is 0 Å². The Kier molecular flexibility index (Phi) is 3.90. The number of hydrogen-bond acceptors (Lipinski definition) is 3. The molecule has 0 atom stereocenters. The van der Waals surface area contributed by atoms with Crippen molar-refractivity contribution >= 4 is 5.97 Å². The lowest BCUT2D eigenvalue weighted by molar-refractivity contribution is -0.148. The van der Waals surface area contributed by atoms with Crippen LogP contribution >= 0.6 is 0 Å². The molecule has 1 aromatic carbocycles. The molecule has 0 N–H and O–H groups in total. The van der Waals surface area contributed by atoms with E-state index in [4.69, 9.17) is 9.47 Å². The quantitative estimate of drug-likeness (QED) is 0.751. The van der Waals surface area contributed by atoms with E-state index in [0.29, 0.717) is 6.42 Å². The third-order valence-electron chi connectivity index (χ3n) is 3.62. The van der Waals surface area contributed by atoms with Crippen molar-refractivity contribution in [3.05, 3.63) is 29.8 Å². The van der Waals surface area contributed by atoms with Crippen LogP contribution in [0, 0.1) is 0 Å². The molecule has 0 aromatic heterocycles. The van der Waals surface area contributed by atoms with E-state index in [2.05, 4.69) is 19.1 Å². The largest absolute Gasteiger partial charge is 0.487 e. The van der Waals surface area contributed by atoms with Gasteiger partial charge in [0.05, 0.1) is 13.5 Å². The van der Waals surface area contributed by atoms with Crippen LogP contribution in [0.15, 0.2) is 24.3 Å². The van der Waals surface area contributed by atoms with E-state index in [1.54, 1.807) is 0 Å². The molecule has 1 saturated carbocycles. The van der Waals surface area contributed by atoms with Gasteiger partial charge in [0.15, 0.2) is 0 Å². The van der Waals surface area contributed by atoms with Crippen molar-refractivity contribution in [2.75, 3.05) is 7.11 Å². The predicted molar refractivity (Wildman–Crippen MR) is 69.7 cm³/mol. The summed E-state index contributed by atoms with van der Waals surface area (Å²) in [5, 5.41) is 0. The van der Waals surface area contributed by atoms with Crippen molar-refractivity contribution in [2.45, 2.75) is 44.6 Å². The number of aryl methyl sites for hydroxylation is 1. The number of carbonyl (C=O) groups excluding carboxylic acids is 1. The Morgan fingerprint density at radius 1 is 1.28 bits per heavy atom. The fraction of sp³-hybridized carbons (Fsp3) is 0.533. The summed E-state index contributed by atoms with van der Waals surface area (Å²) in [6.07, 6.45) is 4.34. The first-order valence-corrected chi connectivity index (χ1v) is 6.52. The minimum Gasteiger partial charge on any atom is -0.487 e. The Morgan fingerprint density at radius 2 is 1.94 bits per heavy atom. The highest BCUT2D eigenvalue weighted by Gasteiger charge is 2.41. The van der Waals surface area contributed by atoms with E-state index in [9.17, 15) is 4.79 Å². The molecule has 0 heterocycles. The number of ether oxygens (including phenoxy) is 2. The Bertz CT molecular complexity index is 404. The van der Waals surface area contributed by atoms with E-state index in [-0.39, 0.29) is 11.6 Å². The standard InChI is InChI=1S/C15H20O3/c1-3-12-5-7-13(8-6-12)18-15(9-4-10-15)11-14(16)17-2/h5-8H,3-4,9-11H2,1-2H3. The number of rotatable bonds is 5. The molecule has 2 rings (SSSR count). The van der Waals surface area contributed by atoms with Gasteiger partial charge in [-0.05, 0) is 43.4 Å². The molecule has 0 spiro atoms. The molecular weight excluding hydrogens is 228 g/mol. The van der Waals surface area contributed by atoms with Crippen molar-refractivity contribution in [1.82, 2.24) is 0 Å². The zero-order valence-corrected chi connectivity index (χ0v) is 11.1. The Balaban J connectivity index is 2.02. The lowest BCUT2D eigenvalue weighted by Crippen LogP contribution is -2.45. The summed E-state index contributed by atoms with van der Waals surface area (Å²) in [5.74, 6) is 0.649. The van der Waals surface area contributed by atoms with Gasteiger partial charge >= 0.3 is 5.97 Å². The van der Waals surface area contributed by atoms with Crippen LogP contribution in [0.2, 0.25) is 0 Å². The summed E-state index contributed by atoms with van der Waals surface area (Å²) < 4.78 is 10.7. The number of carbonyl (C=O) groups is 1. The van der Waals surface area contributed by atoms with Gasteiger partial charge < -0.3 is 9.47 Å². The van der Waals surface area contributed by atoms with Crippen LogP contribution in [0.5, 0.6) is 5.75 Å². The zero-order chi connectivity index (χ0) is 13.0. The molecule has 0 unspecified atom stereocenters. The predicted octanol–water partition coefficient (Wildman–Crippen LogP) is 3.11. The van der Waals surface area contributed by atoms with E-state index < -0.39 is 0 Å². The van der Waals surface area contributed by atoms with Gasteiger partial charge in [-0.2, -0.15) is 0 Å². The highest BCUT2D eigenvalue weighted by molar-refractivity contribution is 5.70. The molecule has 3 nitrogen and oxygen atoms in total. The molecule has 0 bridgehead atoms. The molecule has 1 fully saturated rings. The van der Waals surface area contributed by atoms with Gasteiger partial charge in [-0.15, -0.1) is 0 Å². The molecule has 0 amide bonds. The summed E-state index contributed by atoms with van der Waals surface area (Å²) >= 11 is 0. The monoisotopic (exact) mass is 248 g/mol. The Labute approximate surface area is 108 Å². The van der Waals surface area contributed by atoms with Gasteiger partial charge in [-0.25, -0.2) is 0 Å². The fourth-order valence-electron chi connectivity index (χ4n) is 2.26. The number of benzene rings is 1. The minimum absolute atomic E-state index is 0.195. The molecule has 1 aliphatic carbocycles. The Hall–Kier alpha value is -1.51. The van der Waals surface area contributed by atoms with Gasteiger partial charge in [0.25, 0.3) is 0 Å². The van der Waals surface area contributed by atoms with Crippen molar-refractivity contribution in [3.63, 3.8) is 0 Å². The third-order valence-corrected chi connectivity index (χ3v) is 3.62. The molecule has 0 radical (unpaired) electrons. The maximum absolute atomic E-state index is 11.4. The molecule has 1 aliphatic rings. The molecule has 18 heavy (non-hydrogen) atoms. The normalized spacial score (nSPS) is 16.8. The molecular formula is C15H20O3. The topological polar surface area (TPSA) is 35.5 Å². The molecule has 98 valence electrons. The summed E-state index contributed by atoms with van der Waals surface area (Å²) in [5.41, 5.74) is 0.957. The van der Waals surface area contributed by atoms with Crippen LogP contribution in [0.3, 0.4) is 0 Å². The van der Waals surface area contributed by atoms with Crippen molar-refractivity contribution in [3.8, 4) is 5.75 Å². The summed E-state index contributed by atoms with van der Waals surface area (Å²) in [6.45, 7) is 2.13. The lowest BCUT2D eigenvalue weighted by atomic mass is 9.77. The van der Waals surface area contributed by atoms with E-state index >= 15 is 0 Å². The van der Waals surface area contributed by atoms with Gasteiger partial charge in [-0.1, -0.05) is 19.1 Å². The third kappa shape index (κ3) is 2.84. The van der Waals surface area contributed by atoms with Crippen LogP contribution in [0.1, 0.15) is 38.2 Å². The number of hydrogen-bond donors (Lipinski definition) is 0. The van der Waals surface area contributed by atoms with Gasteiger partial charge in [0, 0.05) is 0 Å².